The number of carboxylic acids is 1. The third kappa shape index (κ3) is 27.7. The second-order valence-corrected chi connectivity index (χ2v) is 11.3. The number of carbonyl (C=O) groups excluding carboxylic acids is 1. The average molecular weight is 537 g/mol. The van der Waals surface area contributed by atoms with Crippen molar-refractivity contribution in [2.24, 2.45) is 0 Å². The van der Waals surface area contributed by atoms with E-state index in [2.05, 4.69) is 26.0 Å². The lowest BCUT2D eigenvalue weighted by Gasteiger charge is -2.13. The fourth-order valence-electron chi connectivity index (χ4n) is 4.96. The van der Waals surface area contributed by atoms with Gasteiger partial charge in [-0.3, -0.25) is 4.79 Å². The SMILES string of the molecule is CCCCCCCC/C=C\CCCCCCCCCC(=O)OC(CCCCCCCCCCCC)C(=O)O. The molecule has 4 heteroatoms. The van der Waals surface area contributed by atoms with E-state index >= 15 is 0 Å². The fourth-order valence-corrected chi connectivity index (χ4v) is 4.96. The van der Waals surface area contributed by atoms with Crippen LogP contribution >= 0.6 is 0 Å². The molecule has 224 valence electrons. The van der Waals surface area contributed by atoms with Crippen LogP contribution in [-0.4, -0.2) is 23.1 Å². The van der Waals surface area contributed by atoms with Gasteiger partial charge in [0.25, 0.3) is 0 Å². The number of allylic oxidation sites excluding steroid dienone is 2. The second-order valence-electron chi connectivity index (χ2n) is 11.3. The summed E-state index contributed by atoms with van der Waals surface area (Å²) >= 11 is 0. The predicted molar refractivity (Wildman–Crippen MR) is 163 cm³/mol. The highest BCUT2D eigenvalue weighted by molar-refractivity contribution is 5.77. The highest BCUT2D eigenvalue weighted by atomic mass is 16.6. The molecule has 0 saturated heterocycles. The van der Waals surface area contributed by atoms with Crippen molar-refractivity contribution >= 4 is 11.9 Å². The number of esters is 1. The minimum absolute atomic E-state index is 0.339. The Hall–Kier alpha value is -1.32. The second kappa shape index (κ2) is 30.2. The van der Waals surface area contributed by atoms with Crippen LogP contribution in [0.3, 0.4) is 0 Å². The van der Waals surface area contributed by atoms with Crippen LogP contribution in [0.1, 0.15) is 187 Å². The molecule has 0 radical (unpaired) electrons. The quantitative estimate of drug-likeness (QED) is 0.0563. The number of carboxylic acid groups (broad SMARTS) is 1. The van der Waals surface area contributed by atoms with Gasteiger partial charge in [0.1, 0.15) is 0 Å². The molecule has 0 aromatic carbocycles. The number of aliphatic carboxylic acids is 1. The molecule has 0 aliphatic carbocycles. The first-order valence-electron chi connectivity index (χ1n) is 16.7. The lowest BCUT2D eigenvalue weighted by atomic mass is 10.0. The molecular weight excluding hydrogens is 472 g/mol. The maximum absolute atomic E-state index is 12.1. The summed E-state index contributed by atoms with van der Waals surface area (Å²) in [5.74, 6) is -1.36. The molecule has 1 atom stereocenters. The zero-order valence-corrected chi connectivity index (χ0v) is 25.5. The minimum atomic E-state index is -1.01. The molecule has 0 rings (SSSR count). The molecule has 0 bridgehead atoms. The van der Waals surface area contributed by atoms with Crippen molar-refractivity contribution < 1.29 is 19.4 Å². The normalized spacial score (nSPS) is 12.3. The van der Waals surface area contributed by atoms with Gasteiger partial charge in [0.15, 0.2) is 6.10 Å². The first-order chi connectivity index (χ1) is 18.6. The van der Waals surface area contributed by atoms with Crippen LogP contribution in [0, 0.1) is 0 Å². The number of unbranched alkanes of at least 4 members (excludes halogenated alkanes) is 22. The summed E-state index contributed by atoms with van der Waals surface area (Å²) in [5.41, 5.74) is 0. The molecule has 0 amide bonds. The lowest BCUT2D eigenvalue weighted by molar-refractivity contribution is -0.164. The molecule has 0 aliphatic rings. The van der Waals surface area contributed by atoms with E-state index in [0.717, 1.165) is 38.5 Å². The average Bonchev–Trinajstić information content (AvgIpc) is 2.90. The molecular formula is C34H64O4. The van der Waals surface area contributed by atoms with Crippen molar-refractivity contribution in [1.82, 2.24) is 0 Å². The molecule has 38 heavy (non-hydrogen) atoms. The number of hydrogen-bond donors (Lipinski definition) is 1. The van der Waals surface area contributed by atoms with Gasteiger partial charge in [0.05, 0.1) is 0 Å². The summed E-state index contributed by atoms with van der Waals surface area (Å²) in [6.45, 7) is 4.50. The molecule has 0 aromatic rings. The largest absolute Gasteiger partial charge is 0.479 e. The Balaban J connectivity index is 3.55. The first-order valence-corrected chi connectivity index (χ1v) is 16.7. The van der Waals surface area contributed by atoms with Crippen LogP contribution in [0.2, 0.25) is 0 Å². The smallest absolute Gasteiger partial charge is 0.345 e. The van der Waals surface area contributed by atoms with Crippen LogP contribution in [0.25, 0.3) is 0 Å². The zero-order valence-electron chi connectivity index (χ0n) is 25.5. The number of rotatable bonds is 30. The van der Waals surface area contributed by atoms with Gasteiger partial charge < -0.3 is 9.84 Å². The van der Waals surface area contributed by atoms with Crippen LogP contribution in [0.4, 0.5) is 0 Å². The molecule has 1 N–H and O–H groups in total. The molecule has 0 aromatic heterocycles. The summed E-state index contributed by atoms with van der Waals surface area (Å²) in [6, 6.07) is 0. The van der Waals surface area contributed by atoms with E-state index in [9.17, 15) is 14.7 Å². The zero-order chi connectivity index (χ0) is 27.9. The van der Waals surface area contributed by atoms with Gasteiger partial charge in [-0.15, -0.1) is 0 Å². The van der Waals surface area contributed by atoms with Gasteiger partial charge in [-0.05, 0) is 44.9 Å². The standard InChI is InChI=1S/C34H64O4/c1-3-5-7-9-11-13-15-16-17-18-19-20-21-23-25-27-29-31-33(35)38-32(34(36)37)30-28-26-24-22-14-12-10-8-6-4-2/h16-17,32H,3-15,18-31H2,1-2H3,(H,36,37)/b17-16-. The van der Waals surface area contributed by atoms with Gasteiger partial charge in [-0.25, -0.2) is 4.79 Å². The van der Waals surface area contributed by atoms with Crippen molar-refractivity contribution in [2.75, 3.05) is 0 Å². The summed E-state index contributed by atoms with van der Waals surface area (Å²) in [4.78, 5) is 23.6. The summed E-state index contributed by atoms with van der Waals surface area (Å²) < 4.78 is 5.28. The Morgan fingerprint density at radius 2 is 0.921 bits per heavy atom. The Morgan fingerprint density at radius 1 is 0.553 bits per heavy atom. The molecule has 0 heterocycles. The Kier molecular flexibility index (Phi) is 29.2. The molecule has 0 saturated carbocycles. The Morgan fingerprint density at radius 3 is 1.34 bits per heavy atom. The Bertz CT molecular complexity index is 543. The lowest BCUT2D eigenvalue weighted by Crippen LogP contribution is -2.27. The highest BCUT2D eigenvalue weighted by Crippen LogP contribution is 2.15. The van der Waals surface area contributed by atoms with Gasteiger partial charge in [0, 0.05) is 6.42 Å². The van der Waals surface area contributed by atoms with Gasteiger partial charge in [-0.2, -0.15) is 0 Å². The first kappa shape index (κ1) is 36.7. The van der Waals surface area contributed by atoms with E-state index in [4.69, 9.17) is 4.74 Å². The van der Waals surface area contributed by atoms with E-state index in [1.165, 1.54) is 122 Å². The van der Waals surface area contributed by atoms with Crippen molar-refractivity contribution in [3.05, 3.63) is 12.2 Å². The van der Waals surface area contributed by atoms with Crippen LogP contribution in [0.5, 0.6) is 0 Å². The summed E-state index contributed by atoms with van der Waals surface area (Å²) in [7, 11) is 0. The maximum Gasteiger partial charge on any atom is 0.345 e. The van der Waals surface area contributed by atoms with E-state index < -0.39 is 12.1 Å². The van der Waals surface area contributed by atoms with Crippen molar-refractivity contribution in [3.8, 4) is 0 Å². The number of carbonyl (C=O) groups is 2. The van der Waals surface area contributed by atoms with Crippen LogP contribution < -0.4 is 0 Å². The van der Waals surface area contributed by atoms with E-state index in [1.54, 1.807) is 0 Å². The number of ether oxygens (including phenoxy) is 1. The van der Waals surface area contributed by atoms with E-state index in [0.29, 0.717) is 12.8 Å². The van der Waals surface area contributed by atoms with Crippen LogP contribution in [0.15, 0.2) is 12.2 Å². The van der Waals surface area contributed by atoms with Gasteiger partial charge >= 0.3 is 11.9 Å². The topological polar surface area (TPSA) is 63.6 Å². The van der Waals surface area contributed by atoms with Crippen LogP contribution in [-0.2, 0) is 14.3 Å². The summed E-state index contributed by atoms with van der Waals surface area (Å²) in [5, 5.41) is 9.40. The number of hydrogen-bond acceptors (Lipinski definition) is 3. The van der Waals surface area contributed by atoms with Crippen molar-refractivity contribution in [3.63, 3.8) is 0 Å². The third-order valence-corrected chi connectivity index (χ3v) is 7.51. The third-order valence-electron chi connectivity index (χ3n) is 7.51. The predicted octanol–water partition coefficient (Wildman–Crippen LogP) is 11.1. The van der Waals surface area contributed by atoms with E-state index in [-0.39, 0.29) is 5.97 Å². The van der Waals surface area contributed by atoms with Gasteiger partial charge in [0.2, 0.25) is 0 Å². The maximum atomic E-state index is 12.1. The Labute approximate surface area is 236 Å². The minimum Gasteiger partial charge on any atom is -0.479 e. The van der Waals surface area contributed by atoms with Crippen molar-refractivity contribution in [1.29, 1.82) is 0 Å². The molecule has 0 spiro atoms. The summed E-state index contributed by atoms with van der Waals surface area (Å²) in [6.07, 6.45) is 35.3. The van der Waals surface area contributed by atoms with Crippen molar-refractivity contribution in [2.45, 2.75) is 193 Å². The molecule has 0 fully saturated rings. The molecule has 0 aliphatic heterocycles. The molecule has 1 unspecified atom stereocenters. The monoisotopic (exact) mass is 536 g/mol. The molecule has 4 nitrogen and oxygen atoms in total. The van der Waals surface area contributed by atoms with E-state index in [1.807, 2.05) is 0 Å². The highest BCUT2D eigenvalue weighted by Gasteiger charge is 2.21. The van der Waals surface area contributed by atoms with Gasteiger partial charge in [-0.1, -0.05) is 148 Å². The fraction of sp³-hybridized carbons (Fsp3) is 0.882.